The fraction of sp³-hybridized carbons (Fsp3) is 0.200. The van der Waals surface area contributed by atoms with Crippen LogP contribution in [0.3, 0.4) is 0 Å². The van der Waals surface area contributed by atoms with Crippen molar-refractivity contribution in [3.05, 3.63) is 11.5 Å². The molecule has 0 atom stereocenters. The van der Waals surface area contributed by atoms with Crippen LogP contribution in [0, 0.1) is 0 Å². The second-order valence-electron chi connectivity index (χ2n) is 1.94. The number of carbonyl (C=O) groups is 1. The summed E-state index contributed by atoms with van der Waals surface area (Å²) in [6, 6.07) is 0. The van der Waals surface area contributed by atoms with Gasteiger partial charge >= 0.3 is 5.97 Å². The molecule has 6 nitrogen and oxygen atoms in total. The number of hydrogen-bond acceptors (Lipinski definition) is 5. The molecule has 6 heteroatoms. The van der Waals surface area contributed by atoms with Gasteiger partial charge in [-0.05, 0) is 0 Å². The molecule has 0 saturated carbocycles. The largest absolute Gasteiger partial charge is 0.476 e. The van der Waals surface area contributed by atoms with E-state index in [4.69, 9.17) is 9.84 Å². The van der Waals surface area contributed by atoms with Crippen molar-refractivity contribution in [1.29, 1.82) is 0 Å². The first kappa shape index (κ1) is 6.02. The maximum Gasteiger partial charge on any atom is 0.360 e. The zero-order valence-electron chi connectivity index (χ0n) is 5.31. The fourth-order valence-electron chi connectivity index (χ4n) is 0.828. The SMILES string of the molecule is O=C(O)C1=C2OCN=C2N=N1. The molecule has 0 aromatic rings. The third-order valence-electron chi connectivity index (χ3n) is 1.29. The normalized spacial score (nSPS) is 19.8. The zero-order chi connectivity index (χ0) is 7.84. The summed E-state index contributed by atoms with van der Waals surface area (Å²) in [5.74, 6) is -0.684. The Morgan fingerprint density at radius 3 is 3.09 bits per heavy atom. The summed E-state index contributed by atoms with van der Waals surface area (Å²) in [7, 11) is 0. The van der Waals surface area contributed by atoms with Crippen LogP contribution >= 0.6 is 0 Å². The van der Waals surface area contributed by atoms with Crippen molar-refractivity contribution in [2.24, 2.45) is 15.2 Å². The predicted molar refractivity (Wildman–Crippen MR) is 32.9 cm³/mol. The molecule has 11 heavy (non-hydrogen) atoms. The van der Waals surface area contributed by atoms with Crippen molar-refractivity contribution in [2.75, 3.05) is 6.73 Å². The summed E-state index contributed by atoms with van der Waals surface area (Å²) in [5.41, 5.74) is -0.166. The highest BCUT2D eigenvalue weighted by Gasteiger charge is 2.29. The Hall–Kier alpha value is -1.72. The van der Waals surface area contributed by atoms with Crippen molar-refractivity contribution in [3.63, 3.8) is 0 Å². The number of carboxylic acids is 1. The van der Waals surface area contributed by atoms with E-state index >= 15 is 0 Å². The quantitative estimate of drug-likeness (QED) is 0.581. The van der Waals surface area contributed by atoms with Crippen molar-refractivity contribution in [1.82, 2.24) is 0 Å². The summed E-state index contributed by atoms with van der Waals surface area (Å²) >= 11 is 0. The third kappa shape index (κ3) is 0.721. The Balaban J connectivity index is 2.48. The van der Waals surface area contributed by atoms with E-state index in [1.54, 1.807) is 0 Å². The summed E-state index contributed by atoms with van der Waals surface area (Å²) in [6.07, 6.45) is 0. The molecule has 2 aliphatic rings. The Morgan fingerprint density at radius 2 is 2.36 bits per heavy atom. The average Bonchev–Trinajstić information content (AvgIpc) is 2.41. The minimum Gasteiger partial charge on any atom is -0.476 e. The zero-order valence-corrected chi connectivity index (χ0v) is 5.31. The molecular weight excluding hydrogens is 150 g/mol. The van der Waals surface area contributed by atoms with Crippen LogP contribution in [0.15, 0.2) is 26.7 Å². The second kappa shape index (κ2) is 1.88. The number of aliphatic imine (C=N–C) groups is 1. The highest BCUT2D eigenvalue weighted by atomic mass is 16.5. The molecule has 0 fully saturated rings. The van der Waals surface area contributed by atoms with Gasteiger partial charge in [0.2, 0.25) is 17.3 Å². The molecule has 2 heterocycles. The van der Waals surface area contributed by atoms with Gasteiger partial charge < -0.3 is 9.84 Å². The maximum atomic E-state index is 10.4. The predicted octanol–water partition coefficient (Wildman–Crippen LogP) is 0.135. The molecule has 1 N–H and O–H groups in total. The van der Waals surface area contributed by atoms with Crippen LogP contribution in [0.2, 0.25) is 0 Å². The molecule has 0 aromatic heterocycles. The number of hydrogen-bond donors (Lipinski definition) is 1. The van der Waals surface area contributed by atoms with Crippen LogP contribution < -0.4 is 0 Å². The second-order valence-corrected chi connectivity index (χ2v) is 1.94. The van der Waals surface area contributed by atoms with Gasteiger partial charge in [0.05, 0.1) is 0 Å². The number of amidine groups is 1. The first-order valence-electron chi connectivity index (χ1n) is 2.86. The van der Waals surface area contributed by atoms with E-state index in [1.165, 1.54) is 0 Å². The number of azo groups is 1. The number of fused-ring (bicyclic) bond motifs is 1. The summed E-state index contributed by atoms with van der Waals surface area (Å²) in [4.78, 5) is 14.1. The molecule has 0 unspecified atom stereocenters. The molecule has 2 rings (SSSR count). The van der Waals surface area contributed by atoms with Gasteiger partial charge in [0, 0.05) is 0 Å². The fourth-order valence-corrected chi connectivity index (χ4v) is 0.828. The molecule has 0 amide bonds. The number of aliphatic carboxylic acids is 1. The Morgan fingerprint density at radius 1 is 1.55 bits per heavy atom. The van der Waals surface area contributed by atoms with Gasteiger partial charge in [-0.3, -0.25) is 0 Å². The van der Waals surface area contributed by atoms with Crippen molar-refractivity contribution >= 4 is 11.8 Å². The van der Waals surface area contributed by atoms with E-state index in [9.17, 15) is 4.79 Å². The van der Waals surface area contributed by atoms with Crippen LogP contribution in [0.25, 0.3) is 0 Å². The lowest BCUT2D eigenvalue weighted by Gasteiger charge is -1.92. The number of ether oxygens (including phenoxy) is 1. The van der Waals surface area contributed by atoms with Gasteiger partial charge in [-0.1, -0.05) is 0 Å². The number of carboxylic acid groups (broad SMARTS) is 1. The smallest absolute Gasteiger partial charge is 0.360 e. The molecule has 0 radical (unpaired) electrons. The minimum atomic E-state index is -1.14. The van der Waals surface area contributed by atoms with Crippen LogP contribution in [-0.2, 0) is 9.53 Å². The first-order valence-corrected chi connectivity index (χ1v) is 2.86. The lowest BCUT2D eigenvalue weighted by molar-refractivity contribution is -0.132. The third-order valence-corrected chi connectivity index (χ3v) is 1.29. The van der Waals surface area contributed by atoms with Crippen LogP contribution in [0.5, 0.6) is 0 Å². The topological polar surface area (TPSA) is 83.6 Å². The van der Waals surface area contributed by atoms with E-state index in [2.05, 4.69) is 15.2 Å². The first-order chi connectivity index (χ1) is 5.29. The molecule has 0 saturated heterocycles. The van der Waals surface area contributed by atoms with Gasteiger partial charge in [-0.15, -0.1) is 10.2 Å². The molecular formula is C5H3N3O3. The monoisotopic (exact) mass is 153 g/mol. The average molecular weight is 153 g/mol. The van der Waals surface area contributed by atoms with Crippen LogP contribution in [0.4, 0.5) is 0 Å². The van der Waals surface area contributed by atoms with Crippen LogP contribution in [-0.4, -0.2) is 23.6 Å². The highest BCUT2D eigenvalue weighted by molar-refractivity contribution is 6.06. The van der Waals surface area contributed by atoms with Gasteiger partial charge in [0.25, 0.3) is 0 Å². The van der Waals surface area contributed by atoms with E-state index in [0.717, 1.165) is 0 Å². The molecule has 56 valence electrons. The Kier molecular flexibility index (Phi) is 1.03. The van der Waals surface area contributed by atoms with E-state index in [0.29, 0.717) is 0 Å². The summed E-state index contributed by atoms with van der Waals surface area (Å²) in [5, 5.41) is 15.4. The van der Waals surface area contributed by atoms with Crippen molar-refractivity contribution in [3.8, 4) is 0 Å². The van der Waals surface area contributed by atoms with Gasteiger partial charge in [0.1, 0.15) is 0 Å². The van der Waals surface area contributed by atoms with Crippen LogP contribution in [0.1, 0.15) is 0 Å². The molecule has 0 aromatic carbocycles. The van der Waals surface area contributed by atoms with E-state index in [-0.39, 0.29) is 24.0 Å². The van der Waals surface area contributed by atoms with Gasteiger partial charge in [-0.2, -0.15) is 0 Å². The van der Waals surface area contributed by atoms with E-state index < -0.39 is 5.97 Å². The number of nitrogens with zero attached hydrogens (tertiary/aromatic N) is 3. The Bertz CT molecular complexity index is 315. The van der Waals surface area contributed by atoms with E-state index in [1.807, 2.05) is 0 Å². The highest BCUT2D eigenvalue weighted by Crippen LogP contribution is 2.22. The standard InChI is InChI=1S/C5H3N3O3/c9-5(10)2-3-4(8-7-2)6-1-11-3/h1H2,(H,9,10). The van der Waals surface area contributed by atoms with Gasteiger partial charge in [0.15, 0.2) is 6.73 Å². The molecule has 0 bridgehead atoms. The molecule has 0 spiro atoms. The van der Waals surface area contributed by atoms with Crippen molar-refractivity contribution < 1.29 is 14.6 Å². The van der Waals surface area contributed by atoms with Crippen molar-refractivity contribution in [2.45, 2.75) is 0 Å². The summed E-state index contributed by atoms with van der Waals surface area (Å²) < 4.78 is 4.86. The summed E-state index contributed by atoms with van der Waals surface area (Å²) in [6.45, 7) is 0.139. The maximum absolute atomic E-state index is 10.4. The molecule has 0 aliphatic carbocycles. The molecule has 2 aliphatic heterocycles. The van der Waals surface area contributed by atoms with Gasteiger partial charge in [-0.25, -0.2) is 9.79 Å². The lowest BCUT2D eigenvalue weighted by Crippen LogP contribution is -2.01. The Labute approximate surface area is 60.9 Å². The minimum absolute atomic E-state index is 0.139. The lowest BCUT2D eigenvalue weighted by atomic mass is 10.4. The number of rotatable bonds is 1.